The minimum absolute atomic E-state index is 0.0324. The van der Waals surface area contributed by atoms with Crippen LogP contribution in [0.5, 0.6) is 0 Å². The molecule has 362 valence electrons. The van der Waals surface area contributed by atoms with Gasteiger partial charge in [0.1, 0.15) is 5.82 Å². The van der Waals surface area contributed by atoms with Gasteiger partial charge in [0.2, 0.25) is 0 Å². The number of aromatic nitrogens is 1. The summed E-state index contributed by atoms with van der Waals surface area (Å²) in [6.07, 6.45) is 2.68. The fourth-order valence-electron chi connectivity index (χ4n) is 8.74. The molecule has 1 aliphatic heterocycles. The van der Waals surface area contributed by atoms with Crippen LogP contribution in [-0.2, 0) is 28.8 Å². The van der Waals surface area contributed by atoms with E-state index in [9.17, 15) is 26.5 Å². The highest BCUT2D eigenvalue weighted by atomic mass is 35.5. The molecule has 0 amide bonds. The van der Waals surface area contributed by atoms with Crippen LogP contribution in [0.4, 0.5) is 27.1 Å². The molecule has 3 N–H and O–H groups in total. The Morgan fingerprint density at radius 3 is 2.06 bits per heavy atom. The van der Waals surface area contributed by atoms with Gasteiger partial charge in [0.15, 0.2) is 19.7 Å². The summed E-state index contributed by atoms with van der Waals surface area (Å²) in [4.78, 5) is 5.47. The number of halogens is 2. The van der Waals surface area contributed by atoms with Gasteiger partial charge in [-0.15, -0.1) is 11.8 Å². The average molecular weight is 1020 g/mol. The molecular formula is C50H58ClFN5O7PS3. The van der Waals surface area contributed by atoms with Gasteiger partial charge in [-0.2, -0.15) is 0 Å². The molecule has 5 aromatic carbocycles. The molecule has 1 fully saturated rings. The van der Waals surface area contributed by atoms with Crippen LogP contribution in [-0.4, -0.2) is 90.2 Å². The minimum atomic E-state index is -3.85. The molecule has 2 heterocycles. The van der Waals surface area contributed by atoms with Crippen LogP contribution in [0.25, 0.3) is 22.4 Å². The van der Waals surface area contributed by atoms with Crippen molar-refractivity contribution in [2.45, 2.75) is 60.9 Å². The Morgan fingerprint density at radius 1 is 0.824 bits per heavy atom. The second-order valence-corrected chi connectivity index (χ2v) is 24.7. The lowest BCUT2D eigenvalue weighted by Crippen LogP contribution is -2.46. The zero-order chi connectivity index (χ0) is 49.0. The Morgan fingerprint density at radius 2 is 1.47 bits per heavy atom. The normalized spacial score (nSPS) is 14.8. The highest BCUT2D eigenvalue weighted by molar-refractivity contribution is 7.99. The largest absolute Gasteiger partial charge is 0.396 e. The molecule has 68 heavy (non-hydrogen) atoms. The Kier molecular flexibility index (Phi) is 16.1. The summed E-state index contributed by atoms with van der Waals surface area (Å²) in [5.41, 5.74) is 5.32. The van der Waals surface area contributed by atoms with Crippen molar-refractivity contribution in [2.75, 3.05) is 77.9 Å². The molecule has 0 spiro atoms. The zero-order valence-corrected chi connectivity index (χ0v) is 43.0. The summed E-state index contributed by atoms with van der Waals surface area (Å²) in [6, 6.07) is 33.4. The quantitative estimate of drug-likeness (QED) is 0.0523. The van der Waals surface area contributed by atoms with Crippen molar-refractivity contribution in [3.05, 3.63) is 132 Å². The lowest BCUT2D eigenvalue weighted by molar-refractivity contribution is 0.282. The summed E-state index contributed by atoms with van der Waals surface area (Å²) in [7, 11) is -11.4. The van der Waals surface area contributed by atoms with Crippen LogP contribution in [0.15, 0.2) is 130 Å². The van der Waals surface area contributed by atoms with Gasteiger partial charge in [-0.3, -0.25) is 4.57 Å². The standard InChI is InChI=1S/C50H58ClFN5O7PS3/c1-7-64-65(59,44-21-22-46(47(32-44)67(5,60)61)53-41(23-28-58)33-66-45-11-9-8-10-12-45)54-40-17-19-42(20-18-40)55-24-26-56(27-25-55)43-30-37(29-39(52)31-43)48-49(36-13-15-38(51)16-14-36)57(34(2)3)35(4)50(48)68(6,62)63/h8-22,29-32,34,41,53,58H,7,23-28,33H2,1-6H3,(H,54,59). The zero-order valence-electron chi connectivity index (χ0n) is 38.9. The highest BCUT2D eigenvalue weighted by Crippen LogP contribution is 2.48. The SMILES string of the molecule is CCOP(=O)(Nc1ccc(N2CCN(c3cc(F)cc(-c4c(S(C)(=O)=O)c(C)n(C(C)C)c4-c4ccc(Cl)cc4)c3)CC2)cc1)c1ccc(NC(CCO)CSc2ccccc2)c(S(C)(=O)=O)c1. The number of sulfone groups is 2. The van der Waals surface area contributed by atoms with Gasteiger partial charge in [-0.1, -0.05) is 41.9 Å². The summed E-state index contributed by atoms with van der Waals surface area (Å²) in [6.45, 7) is 9.79. The fourth-order valence-corrected chi connectivity index (χ4v) is 13.8. The first kappa shape index (κ1) is 51.1. The Hall–Kier alpha value is -4.80. The molecule has 2 unspecified atom stereocenters. The number of hydrogen-bond acceptors (Lipinski definition) is 11. The lowest BCUT2D eigenvalue weighted by atomic mass is 9.99. The fraction of sp³-hybridized carbons (Fsp3) is 0.320. The number of piperazine rings is 1. The number of thioether (sulfide) groups is 1. The topological polar surface area (TPSA) is 150 Å². The summed E-state index contributed by atoms with van der Waals surface area (Å²) in [5.74, 6) is 0.0923. The molecule has 18 heteroatoms. The van der Waals surface area contributed by atoms with Crippen molar-refractivity contribution >= 4 is 78.6 Å². The predicted octanol–water partition coefficient (Wildman–Crippen LogP) is 10.6. The number of anilines is 4. The van der Waals surface area contributed by atoms with Gasteiger partial charge >= 0.3 is 7.52 Å². The van der Waals surface area contributed by atoms with Gasteiger partial charge < -0.3 is 34.4 Å². The lowest BCUT2D eigenvalue weighted by Gasteiger charge is -2.37. The van der Waals surface area contributed by atoms with Crippen LogP contribution in [0.3, 0.4) is 0 Å². The summed E-state index contributed by atoms with van der Waals surface area (Å²) < 4.78 is 91.6. The molecule has 2 atom stereocenters. The average Bonchev–Trinajstić information content (AvgIpc) is 3.62. The van der Waals surface area contributed by atoms with Gasteiger partial charge in [-0.05, 0) is 130 Å². The van der Waals surface area contributed by atoms with Gasteiger partial charge in [0, 0.05) is 101 Å². The maximum absolute atomic E-state index is 15.8. The number of hydrogen-bond donors (Lipinski definition) is 3. The van der Waals surface area contributed by atoms with Crippen LogP contribution >= 0.6 is 30.9 Å². The Labute approximate surface area is 409 Å². The second kappa shape index (κ2) is 21.5. The predicted molar refractivity (Wildman–Crippen MR) is 278 cm³/mol. The van der Waals surface area contributed by atoms with Crippen LogP contribution < -0.4 is 25.5 Å². The van der Waals surface area contributed by atoms with E-state index in [0.717, 1.165) is 22.4 Å². The smallest absolute Gasteiger partial charge is 0.323 e. The molecular weight excluding hydrogens is 964 g/mol. The maximum Gasteiger partial charge on any atom is 0.323 e. The number of nitrogens with one attached hydrogen (secondary N) is 2. The summed E-state index contributed by atoms with van der Waals surface area (Å²) >= 11 is 7.85. The molecule has 6 aromatic rings. The molecule has 1 saturated heterocycles. The second-order valence-electron chi connectivity index (χ2n) is 17.1. The first-order chi connectivity index (χ1) is 32.3. The molecule has 12 nitrogen and oxygen atoms in total. The number of rotatable bonds is 19. The van der Waals surface area contributed by atoms with E-state index in [0.29, 0.717) is 83.0 Å². The van der Waals surface area contributed by atoms with E-state index in [1.54, 1.807) is 62.0 Å². The van der Waals surface area contributed by atoms with E-state index in [1.165, 1.54) is 24.5 Å². The monoisotopic (exact) mass is 1020 g/mol. The van der Waals surface area contributed by atoms with Crippen LogP contribution in [0.2, 0.25) is 5.02 Å². The van der Waals surface area contributed by atoms with E-state index in [1.807, 2.05) is 79.1 Å². The van der Waals surface area contributed by atoms with Crippen molar-refractivity contribution in [1.82, 2.24) is 4.57 Å². The number of benzene rings is 5. The molecule has 0 bridgehead atoms. The Balaban J connectivity index is 1.08. The third-order valence-corrected chi connectivity index (χ3v) is 17.7. The van der Waals surface area contributed by atoms with Crippen molar-refractivity contribution < 1.29 is 35.4 Å². The molecule has 0 radical (unpaired) electrons. The number of nitrogens with zero attached hydrogens (tertiary/aromatic N) is 3. The molecule has 7 rings (SSSR count). The Bertz CT molecular complexity index is 3010. The van der Waals surface area contributed by atoms with Crippen LogP contribution in [0.1, 0.15) is 38.9 Å². The van der Waals surface area contributed by atoms with E-state index in [-0.39, 0.29) is 40.4 Å². The van der Waals surface area contributed by atoms with Gasteiger partial charge in [-0.25, -0.2) is 21.2 Å². The molecule has 0 saturated carbocycles. The third-order valence-electron chi connectivity index (χ3n) is 11.8. The molecule has 1 aliphatic rings. The van der Waals surface area contributed by atoms with Crippen molar-refractivity contribution in [3.8, 4) is 22.4 Å². The van der Waals surface area contributed by atoms with Crippen molar-refractivity contribution in [1.29, 1.82) is 0 Å². The van der Waals surface area contributed by atoms with E-state index >= 15 is 4.39 Å². The minimum Gasteiger partial charge on any atom is -0.396 e. The van der Waals surface area contributed by atoms with Crippen molar-refractivity contribution in [2.24, 2.45) is 0 Å². The van der Waals surface area contributed by atoms with E-state index in [2.05, 4.69) is 20.2 Å². The molecule has 0 aliphatic carbocycles. The van der Waals surface area contributed by atoms with E-state index < -0.39 is 33.0 Å². The number of aliphatic hydroxyl groups excluding tert-OH is 1. The number of aliphatic hydroxyl groups is 1. The van der Waals surface area contributed by atoms with Gasteiger partial charge in [0.25, 0.3) is 0 Å². The summed E-state index contributed by atoms with van der Waals surface area (Å²) in [5, 5.41) is 16.9. The first-order valence-electron chi connectivity index (χ1n) is 22.3. The van der Waals surface area contributed by atoms with Gasteiger partial charge in [0.05, 0.1) is 33.1 Å². The van der Waals surface area contributed by atoms with E-state index in [4.69, 9.17) is 16.1 Å². The van der Waals surface area contributed by atoms with Crippen molar-refractivity contribution in [3.63, 3.8) is 0 Å². The third kappa shape index (κ3) is 11.8. The van der Waals surface area contributed by atoms with Crippen LogP contribution in [0, 0.1) is 12.7 Å². The highest BCUT2D eigenvalue weighted by Gasteiger charge is 2.32. The maximum atomic E-state index is 15.8. The first-order valence-corrected chi connectivity index (χ1v) is 29.1. The molecule has 1 aromatic heterocycles.